The van der Waals surface area contributed by atoms with E-state index in [2.05, 4.69) is 21.0 Å². The van der Waals surface area contributed by atoms with E-state index in [-0.39, 0.29) is 5.78 Å². The number of methoxy groups -OCH3 is 1. The Hall–Kier alpha value is -1.62. The lowest BCUT2D eigenvalue weighted by atomic mass is 10.1. The quantitative estimate of drug-likeness (QED) is 0.793. The normalized spacial score (nSPS) is 10.5. The fraction of sp³-hybridized carbons (Fsp3) is 0.286. The molecular formula is C14H15BrN2O2. The van der Waals surface area contributed by atoms with Gasteiger partial charge in [0.05, 0.1) is 23.3 Å². The van der Waals surface area contributed by atoms with Crippen LogP contribution in [0.5, 0.6) is 5.75 Å². The summed E-state index contributed by atoms with van der Waals surface area (Å²) in [6.45, 7) is 2.76. The predicted octanol–water partition coefficient (Wildman–Crippen LogP) is 3.30. The smallest absolute Gasteiger partial charge is 0.215 e. The third-order valence-corrected chi connectivity index (χ3v) is 3.38. The largest absolute Gasteiger partial charge is 0.496 e. The van der Waals surface area contributed by atoms with Gasteiger partial charge in [0.2, 0.25) is 5.78 Å². The van der Waals surface area contributed by atoms with Crippen LogP contribution >= 0.6 is 15.9 Å². The van der Waals surface area contributed by atoms with E-state index < -0.39 is 0 Å². The monoisotopic (exact) mass is 322 g/mol. The van der Waals surface area contributed by atoms with Crippen LogP contribution in [0.2, 0.25) is 0 Å². The zero-order valence-electron chi connectivity index (χ0n) is 10.9. The molecule has 0 bridgehead atoms. The van der Waals surface area contributed by atoms with Gasteiger partial charge in [-0.1, -0.05) is 19.1 Å². The predicted molar refractivity (Wildman–Crippen MR) is 76.6 cm³/mol. The molecule has 0 N–H and O–H groups in total. The topological polar surface area (TPSA) is 44.1 Å². The lowest BCUT2D eigenvalue weighted by Gasteiger charge is -2.09. The zero-order chi connectivity index (χ0) is 13.8. The first-order chi connectivity index (χ1) is 9.19. The minimum absolute atomic E-state index is 0.0877. The number of aryl methyl sites for hydroxylation is 1. The van der Waals surface area contributed by atoms with Crippen LogP contribution in [0, 0.1) is 0 Å². The Labute approximate surface area is 120 Å². The van der Waals surface area contributed by atoms with Gasteiger partial charge in [-0.3, -0.25) is 9.48 Å². The molecule has 0 unspecified atom stereocenters. The molecule has 0 atom stereocenters. The number of ketones is 1. The molecule has 0 saturated heterocycles. The van der Waals surface area contributed by atoms with Crippen molar-refractivity contribution in [3.8, 4) is 5.75 Å². The highest BCUT2D eigenvalue weighted by molar-refractivity contribution is 9.10. The lowest BCUT2D eigenvalue weighted by molar-refractivity contribution is 0.102. The first kappa shape index (κ1) is 13.8. The van der Waals surface area contributed by atoms with E-state index in [1.807, 2.05) is 19.1 Å². The van der Waals surface area contributed by atoms with Gasteiger partial charge in [0.25, 0.3) is 0 Å². The lowest BCUT2D eigenvalue weighted by Crippen LogP contribution is -2.13. The van der Waals surface area contributed by atoms with Crippen molar-refractivity contribution in [2.75, 3.05) is 7.11 Å². The summed E-state index contributed by atoms with van der Waals surface area (Å²) in [4.78, 5) is 12.6. The van der Waals surface area contributed by atoms with Gasteiger partial charge in [-0.15, -0.1) is 0 Å². The summed E-state index contributed by atoms with van der Waals surface area (Å²) >= 11 is 3.39. The maximum absolute atomic E-state index is 12.6. The number of carbonyl (C=O) groups excluding carboxylic acids is 1. The average molecular weight is 323 g/mol. The van der Waals surface area contributed by atoms with Crippen molar-refractivity contribution in [2.45, 2.75) is 19.9 Å². The first-order valence-corrected chi connectivity index (χ1v) is 6.87. The van der Waals surface area contributed by atoms with Gasteiger partial charge in [-0.25, -0.2) is 0 Å². The standard InChI is InChI=1S/C14H15BrN2O2/c1-3-8-17-13(11(15)9-16-17)14(18)10-6-4-5-7-12(10)19-2/h4-7,9H,3,8H2,1-2H3. The summed E-state index contributed by atoms with van der Waals surface area (Å²) < 4.78 is 7.66. The average Bonchev–Trinajstić information content (AvgIpc) is 2.79. The van der Waals surface area contributed by atoms with Crippen molar-refractivity contribution in [3.05, 3.63) is 46.2 Å². The molecule has 0 radical (unpaired) electrons. The van der Waals surface area contributed by atoms with Crippen LogP contribution in [-0.2, 0) is 6.54 Å². The van der Waals surface area contributed by atoms with E-state index >= 15 is 0 Å². The summed E-state index contributed by atoms with van der Waals surface area (Å²) in [5.41, 5.74) is 1.11. The van der Waals surface area contributed by atoms with Crippen molar-refractivity contribution in [2.24, 2.45) is 0 Å². The highest BCUT2D eigenvalue weighted by atomic mass is 79.9. The Bertz CT molecular complexity index is 593. The number of halogens is 1. The van der Waals surface area contributed by atoms with Crippen molar-refractivity contribution in [3.63, 3.8) is 0 Å². The highest BCUT2D eigenvalue weighted by Crippen LogP contribution is 2.25. The SMILES string of the molecule is CCCn1ncc(Br)c1C(=O)c1ccccc1OC. The Morgan fingerprint density at radius 1 is 1.42 bits per heavy atom. The molecule has 5 heteroatoms. The van der Waals surface area contributed by atoms with Crippen molar-refractivity contribution < 1.29 is 9.53 Å². The second-order valence-corrected chi connectivity index (χ2v) is 4.95. The molecule has 1 aromatic carbocycles. The van der Waals surface area contributed by atoms with Crippen molar-refractivity contribution in [1.82, 2.24) is 9.78 Å². The van der Waals surface area contributed by atoms with Crippen molar-refractivity contribution >= 4 is 21.7 Å². The summed E-state index contributed by atoms with van der Waals surface area (Å²) in [6, 6.07) is 7.21. The molecule has 0 amide bonds. The molecule has 1 aromatic heterocycles. The van der Waals surface area contributed by atoms with E-state index in [1.54, 1.807) is 30.1 Å². The maximum Gasteiger partial charge on any atom is 0.215 e. The number of benzene rings is 1. The molecule has 0 aliphatic carbocycles. The van der Waals surface area contributed by atoms with E-state index in [0.29, 0.717) is 28.0 Å². The van der Waals surface area contributed by atoms with Crippen LogP contribution in [0.15, 0.2) is 34.9 Å². The molecule has 19 heavy (non-hydrogen) atoms. The molecule has 2 aromatic rings. The second-order valence-electron chi connectivity index (χ2n) is 4.09. The van der Waals surface area contributed by atoms with Gasteiger partial charge in [0, 0.05) is 6.54 Å². The van der Waals surface area contributed by atoms with Crippen molar-refractivity contribution in [1.29, 1.82) is 0 Å². The van der Waals surface area contributed by atoms with E-state index in [1.165, 1.54) is 0 Å². The molecule has 0 fully saturated rings. The molecule has 2 rings (SSSR count). The van der Waals surface area contributed by atoms with Crippen LogP contribution in [0.1, 0.15) is 29.4 Å². The maximum atomic E-state index is 12.6. The second kappa shape index (κ2) is 6.02. The Morgan fingerprint density at radius 3 is 2.84 bits per heavy atom. The molecular weight excluding hydrogens is 308 g/mol. The number of rotatable bonds is 5. The van der Waals surface area contributed by atoms with E-state index in [9.17, 15) is 4.79 Å². The molecule has 100 valence electrons. The minimum Gasteiger partial charge on any atom is -0.496 e. The van der Waals surface area contributed by atoms with Crippen LogP contribution in [0.25, 0.3) is 0 Å². The van der Waals surface area contributed by atoms with Gasteiger partial charge in [-0.2, -0.15) is 5.10 Å². The number of carbonyl (C=O) groups is 1. The molecule has 0 saturated carbocycles. The number of nitrogens with zero attached hydrogens (tertiary/aromatic N) is 2. The zero-order valence-corrected chi connectivity index (χ0v) is 12.5. The molecule has 0 spiro atoms. The van der Waals surface area contributed by atoms with Gasteiger partial charge < -0.3 is 4.74 Å². The van der Waals surface area contributed by atoms with Crippen LogP contribution in [0.4, 0.5) is 0 Å². The van der Waals surface area contributed by atoms with Crippen LogP contribution in [-0.4, -0.2) is 22.7 Å². The van der Waals surface area contributed by atoms with Gasteiger partial charge >= 0.3 is 0 Å². The highest BCUT2D eigenvalue weighted by Gasteiger charge is 2.21. The summed E-state index contributed by atoms with van der Waals surface area (Å²) in [5, 5.41) is 4.22. The minimum atomic E-state index is -0.0877. The number of hydrogen-bond donors (Lipinski definition) is 0. The molecule has 0 aliphatic heterocycles. The first-order valence-electron chi connectivity index (χ1n) is 6.08. The Kier molecular flexibility index (Phi) is 4.37. The van der Waals surface area contributed by atoms with E-state index in [4.69, 9.17) is 4.74 Å². The van der Waals surface area contributed by atoms with E-state index in [0.717, 1.165) is 6.42 Å². The molecule has 0 aliphatic rings. The summed E-state index contributed by atoms with van der Waals surface area (Å²) in [7, 11) is 1.56. The molecule has 1 heterocycles. The Balaban J connectivity index is 2.47. The molecule has 4 nitrogen and oxygen atoms in total. The number of hydrogen-bond acceptors (Lipinski definition) is 3. The third kappa shape index (κ3) is 2.71. The Morgan fingerprint density at radius 2 is 2.16 bits per heavy atom. The van der Waals surface area contributed by atoms with Gasteiger partial charge in [0.15, 0.2) is 0 Å². The summed E-state index contributed by atoms with van der Waals surface area (Å²) in [6.07, 6.45) is 2.57. The fourth-order valence-electron chi connectivity index (χ4n) is 1.93. The number of aromatic nitrogens is 2. The van der Waals surface area contributed by atoms with Crippen LogP contribution in [0.3, 0.4) is 0 Å². The summed E-state index contributed by atoms with van der Waals surface area (Å²) in [5.74, 6) is 0.485. The van der Waals surface area contributed by atoms with Gasteiger partial charge in [0.1, 0.15) is 11.4 Å². The fourth-order valence-corrected chi connectivity index (χ4v) is 2.41. The number of para-hydroxylation sites is 1. The third-order valence-electron chi connectivity index (χ3n) is 2.80. The van der Waals surface area contributed by atoms with Gasteiger partial charge in [-0.05, 0) is 34.5 Å². The van der Waals surface area contributed by atoms with Crippen LogP contribution < -0.4 is 4.74 Å². The number of ether oxygens (including phenoxy) is 1.